The fraction of sp³-hybridized carbons (Fsp3) is 0.538. The molecule has 1 aliphatic rings. The van der Waals surface area contributed by atoms with Crippen molar-refractivity contribution in [1.29, 1.82) is 0 Å². The molecule has 1 nitrogen and oxygen atoms in total. The summed E-state index contributed by atoms with van der Waals surface area (Å²) in [5.41, 5.74) is 6.98. The number of halogens is 1. The van der Waals surface area contributed by atoms with Gasteiger partial charge in [-0.2, -0.15) is 0 Å². The first kappa shape index (κ1) is 10.6. The lowest BCUT2D eigenvalue weighted by Gasteiger charge is -2.28. The summed E-state index contributed by atoms with van der Waals surface area (Å²) in [6.07, 6.45) is 4.91. The van der Waals surface area contributed by atoms with Crippen molar-refractivity contribution in [2.24, 2.45) is 11.7 Å². The van der Waals surface area contributed by atoms with E-state index in [4.69, 9.17) is 5.73 Å². The van der Waals surface area contributed by atoms with Crippen LogP contribution in [0.4, 0.5) is 4.39 Å². The predicted molar refractivity (Wildman–Crippen MR) is 60.2 cm³/mol. The van der Waals surface area contributed by atoms with E-state index in [-0.39, 0.29) is 5.82 Å². The molecule has 2 N–H and O–H groups in total. The van der Waals surface area contributed by atoms with Gasteiger partial charge in [0.2, 0.25) is 0 Å². The SMILES string of the molecule is NCC1CCCC(c2ccc(F)cc2)C1. The lowest BCUT2D eigenvalue weighted by molar-refractivity contribution is 0.328. The quantitative estimate of drug-likeness (QED) is 0.792. The first-order valence-electron chi connectivity index (χ1n) is 5.75. The van der Waals surface area contributed by atoms with Crippen LogP contribution in [0.2, 0.25) is 0 Å². The van der Waals surface area contributed by atoms with Gasteiger partial charge in [-0.05, 0) is 55.3 Å². The Bertz CT molecular complexity index is 307. The summed E-state index contributed by atoms with van der Waals surface area (Å²) in [5, 5.41) is 0. The molecule has 1 aromatic carbocycles. The lowest BCUT2D eigenvalue weighted by Crippen LogP contribution is -2.21. The van der Waals surface area contributed by atoms with E-state index in [1.54, 1.807) is 12.1 Å². The van der Waals surface area contributed by atoms with Gasteiger partial charge in [-0.1, -0.05) is 18.6 Å². The van der Waals surface area contributed by atoms with Crippen molar-refractivity contribution < 1.29 is 4.39 Å². The summed E-state index contributed by atoms with van der Waals surface area (Å²) >= 11 is 0. The van der Waals surface area contributed by atoms with E-state index >= 15 is 0 Å². The zero-order valence-electron chi connectivity index (χ0n) is 8.95. The molecule has 1 aromatic rings. The third kappa shape index (κ3) is 2.57. The first-order valence-corrected chi connectivity index (χ1v) is 5.75. The van der Waals surface area contributed by atoms with Gasteiger partial charge in [0.05, 0.1) is 0 Å². The number of rotatable bonds is 2. The van der Waals surface area contributed by atoms with Crippen molar-refractivity contribution in [2.75, 3.05) is 6.54 Å². The van der Waals surface area contributed by atoms with E-state index in [9.17, 15) is 4.39 Å². The zero-order valence-corrected chi connectivity index (χ0v) is 8.95. The van der Waals surface area contributed by atoms with Crippen molar-refractivity contribution in [1.82, 2.24) is 0 Å². The topological polar surface area (TPSA) is 26.0 Å². The molecule has 1 saturated carbocycles. The first-order chi connectivity index (χ1) is 7.29. The van der Waals surface area contributed by atoms with Crippen LogP contribution in [-0.4, -0.2) is 6.54 Å². The molecule has 1 aliphatic carbocycles. The molecule has 0 aliphatic heterocycles. The molecule has 0 saturated heterocycles. The average Bonchev–Trinajstić information content (AvgIpc) is 2.30. The van der Waals surface area contributed by atoms with E-state index in [0.29, 0.717) is 11.8 Å². The average molecular weight is 207 g/mol. The minimum Gasteiger partial charge on any atom is -0.330 e. The van der Waals surface area contributed by atoms with Gasteiger partial charge in [-0.25, -0.2) is 4.39 Å². The summed E-state index contributed by atoms with van der Waals surface area (Å²) in [5.74, 6) is 1.10. The molecule has 1 fully saturated rings. The van der Waals surface area contributed by atoms with E-state index in [1.165, 1.54) is 31.2 Å². The molecule has 2 atom stereocenters. The number of hydrogen-bond acceptors (Lipinski definition) is 1. The van der Waals surface area contributed by atoms with E-state index in [0.717, 1.165) is 6.54 Å². The fourth-order valence-corrected chi connectivity index (χ4v) is 2.54. The van der Waals surface area contributed by atoms with Crippen LogP contribution >= 0.6 is 0 Å². The minimum atomic E-state index is -0.148. The standard InChI is InChI=1S/C13H18FN/c14-13-6-4-11(5-7-13)12-3-1-2-10(8-12)9-15/h4-7,10,12H,1-3,8-9,15H2. The molecule has 0 heterocycles. The molecule has 2 unspecified atom stereocenters. The van der Waals surface area contributed by atoms with Crippen molar-refractivity contribution in [3.63, 3.8) is 0 Å². The van der Waals surface area contributed by atoms with Gasteiger partial charge in [0.15, 0.2) is 0 Å². The molecule has 0 aromatic heterocycles. The van der Waals surface area contributed by atoms with Crippen LogP contribution in [0, 0.1) is 11.7 Å². The smallest absolute Gasteiger partial charge is 0.123 e. The normalized spacial score (nSPS) is 26.5. The molecule has 15 heavy (non-hydrogen) atoms. The zero-order chi connectivity index (χ0) is 10.7. The Morgan fingerprint density at radius 3 is 2.60 bits per heavy atom. The highest BCUT2D eigenvalue weighted by atomic mass is 19.1. The summed E-state index contributed by atoms with van der Waals surface area (Å²) in [7, 11) is 0. The van der Waals surface area contributed by atoms with Crippen LogP contribution in [0.1, 0.15) is 37.2 Å². The predicted octanol–water partition coefficient (Wildman–Crippen LogP) is 3.06. The molecule has 82 valence electrons. The second-order valence-corrected chi connectivity index (χ2v) is 4.52. The van der Waals surface area contributed by atoms with Crippen LogP contribution in [0.5, 0.6) is 0 Å². The Hall–Kier alpha value is -0.890. The summed E-state index contributed by atoms with van der Waals surface area (Å²) in [6.45, 7) is 0.789. The third-order valence-electron chi connectivity index (χ3n) is 3.46. The molecular weight excluding hydrogens is 189 g/mol. The molecular formula is C13H18FN. The van der Waals surface area contributed by atoms with Crippen molar-refractivity contribution in [2.45, 2.75) is 31.6 Å². The number of hydrogen-bond donors (Lipinski definition) is 1. The Morgan fingerprint density at radius 2 is 1.93 bits per heavy atom. The van der Waals surface area contributed by atoms with E-state index in [2.05, 4.69) is 0 Å². The molecule has 0 bridgehead atoms. The Kier molecular flexibility index (Phi) is 3.37. The number of benzene rings is 1. The van der Waals surface area contributed by atoms with Crippen molar-refractivity contribution in [3.8, 4) is 0 Å². The maximum absolute atomic E-state index is 12.8. The third-order valence-corrected chi connectivity index (χ3v) is 3.46. The molecule has 0 radical (unpaired) electrons. The van der Waals surface area contributed by atoms with Gasteiger partial charge >= 0.3 is 0 Å². The largest absolute Gasteiger partial charge is 0.330 e. The van der Waals surface area contributed by atoms with Crippen molar-refractivity contribution >= 4 is 0 Å². The van der Waals surface area contributed by atoms with Gasteiger partial charge in [0, 0.05) is 0 Å². The Balaban J connectivity index is 2.06. The molecule has 0 amide bonds. The molecule has 2 heteroatoms. The summed E-state index contributed by atoms with van der Waals surface area (Å²) in [6, 6.07) is 6.95. The maximum Gasteiger partial charge on any atom is 0.123 e. The minimum absolute atomic E-state index is 0.148. The van der Waals surface area contributed by atoms with Crippen LogP contribution in [0.3, 0.4) is 0 Å². The van der Waals surface area contributed by atoms with E-state index in [1.807, 2.05) is 12.1 Å². The van der Waals surface area contributed by atoms with Gasteiger partial charge in [0.1, 0.15) is 5.82 Å². The fourth-order valence-electron chi connectivity index (χ4n) is 2.54. The summed E-state index contributed by atoms with van der Waals surface area (Å²) < 4.78 is 12.8. The van der Waals surface area contributed by atoms with Gasteiger partial charge in [-0.15, -0.1) is 0 Å². The number of nitrogens with two attached hydrogens (primary N) is 1. The van der Waals surface area contributed by atoms with Gasteiger partial charge in [0.25, 0.3) is 0 Å². The van der Waals surface area contributed by atoms with E-state index < -0.39 is 0 Å². The Labute approximate surface area is 90.5 Å². The molecule has 0 spiro atoms. The Morgan fingerprint density at radius 1 is 1.20 bits per heavy atom. The van der Waals surface area contributed by atoms with Gasteiger partial charge < -0.3 is 5.73 Å². The molecule has 2 rings (SSSR count). The van der Waals surface area contributed by atoms with Crippen LogP contribution < -0.4 is 5.73 Å². The highest BCUT2D eigenvalue weighted by Crippen LogP contribution is 2.35. The maximum atomic E-state index is 12.8. The highest BCUT2D eigenvalue weighted by molar-refractivity contribution is 5.21. The lowest BCUT2D eigenvalue weighted by atomic mass is 9.78. The van der Waals surface area contributed by atoms with Gasteiger partial charge in [-0.3, -0.25) is 0 Å². The highest BCUT2D eigenvalue weighted by Gasteiger charge is 2.21. The summed E-state index contributed by atoms with van der Waals surface area (Å²) in [4.78, 5) is 0. The van der Waals surface area contributed by atoms with Crippen molar-refractivity contribution in [3.05, 3.63) is 35.6 Å². The van der Waals surface area contributed by atoms with Crippen LogP contribution in [0.25, 0.3) is 0 Å². The van der Waals surface area contributed by atoms with Crippen LogP contribution in [-0.2, 0) is 0 Å². The van der Waals surface area contributed by atoms with Crippen LogP contribution in [0.15, 0.2) is 24.3 Å². The second kappa shape index (κ2) is 4.75. The second-order valence-electron chi connectivity index (χ2n) is 4.52. The monoisotopic (exact) mass is 207 g/mol.